The summed E-state index contributed by atoms with van der Waals surface area (Å²) in [6, 6.07) is 154. The third-order valence-electron chi connectivity index (χ3n) is 28.4. The summed E-state index contributed by atoms with van der Waals surface area (Å²) < 4.78 is 7.17. The van der Waals surface area contributed by atoms with Gasteiger partial charge in [0.05, 0.1) is 33.1 Å². The summed E-state index contributed by atoms with van der Waals surface area (Å²) in [6.07, 6.45) is 0. The van der Waals surface area contributed by atoms with Gasteiger partial charge in [-0.2, -0.15) is 0 Å². The van der Waals surface area contributed by atoms with Crippen molar-refractivity contribution in [2.24, 2.45) is 0 Å². The minimum atomic E-state index is -0.0726. The average Bonchev–Trinajstić information content (AvgIpc) is 1.56. The summed E-state index contributed by atoms with van der Waals surface area (Å²) in [6.45, 7) is 14.0. The number of fused-ring (bicyclic) bond motifs is 18. The first-order valence-electron chi connectivity index (χ1n) is 47.1. The molecule has 0 atom stereocenters. The smallest absolute Gasteiger partial charge is 0.164 e. The summed E-state index contributed by atoms with van der Waals surface area (Å²) in [4.78, 5) is 44.4. The second-order valence-corrected chi connectivity index (χ2v) is 37.6. The number of rotatable bonds is 12. The second kappa shape index (κ2) is 32.9. The van der Waals surface area contributed by atoms with Gasteiger partial charge in [0.1, 0.15) is 0 Å². The molecular formula is C126H90N12. The maximum Gasteiger partial charge on any atom is 0.164 e. The molecule has 27 rings (SSSR count). The molecule has 0 bridgehead atoms. The first-order valence-corrected chi connectivity index (χ1v) is 47.1. The predicted molar refractivity (Wildman–Crippen MR) is 564 cm³/mol. The molecule has 0 fully saturated rings. The third kappa shape index (κ3) is 13.9. The topological polar surface area (TPSA) is 131 Å². The summed E-state index contributed by atoms with van der Waals surface area (Å²) in [5, 5.41) is 7.56. The highest BCUT2D eigenvalue weighted by molar-refractivity contribution is 6.14. The van der Waals surface area contributed by atoms with Crippen LogP contribution >= 0.6 is 0 Å². The van der Waals surface area contributed by atoms with E-state index < -0.39 is 0 Å². The van der Waals surface area contributed by atoms with Crippen molar-refractivity contribution in [3.8, 4) is 153 Å². The zero-order chi connectivity index (χ0) is 92.5. The van der Waals surface area contributed by atoms with Crippen molar-refractivity contribution in [3.05, 3.63) is 470 Å². The fourth-order valence-corrected chi connectivity index (χ4v) is 21.4. The van der Waals surface area contributed by atoms with Crippen molar-refractivity contribution < 1.29 is 0 Å². The van der Waals surface area contributed by atoms with Gasteiger partial charge in [0.25, 0.3) is 0 Å². The monoisotopic (exact) mass is 1770 g/mol. The fourth-order valence-electron chi connectivity index (χ4n) is 21.4. The van der Waals surface area contributed by atoms with Crippen LogP contribution in [0.4, 0.5) is 0 Å². The molecule has 3 aliphatic carbocycles. The van der Waals surface area contributed by atoms with Crippen LogP contribution in [0, 0.1) is 0 Å². The molecule has 0 N–H and O–H groups in total. The van der Waals surface area contributed by atoms with E-state index in [2.05, 4.69) is 310 Å². The van der Waals surface area contributed by atoms with E-state index in [1.807, 2.05) is 182 Å². The van der Waals surface area contributed by atoms with Crippen LogP contribution in [0.1, 0.15) is 74.9 Å². The highest BCUT2D eigenvalue weighted by atomic mass is 15.1. The Balaban J connectivity index is 0.000000110. The Hall–Kier alpha value is -17.6. The van der Waals surface area contributed by atoms with Crippen molar-refractivity contribution in [1.29, 1.82) is 0 Å². The van der Waals surface area contributed by atoms with Gasteiger partial charge in [-0.25, -0.2) is 44.9 Å². The zero-order valence-corrected chi connectivity index (χ0v) is 76.9. The Morgan fingerprint density at radius 1 is 0.145 bits per heavy atom. The third-order valence-corrected chi connectivity index (χ3v) is 28.4. The predicted octanol–water partition coefficient (Wildman–Crippen LogP) is 30.8. The van der Waals surface area contributed by atoms with Gasteiger partial charge < -0.3 is 13.7 Å². The Morgan fingerprint density at radius 3 is 0.696 bits per heavy atom. The molecule has 0 amide bonds. The molecule has 0 spiro atoms. The molecule has 6 aromatic heterocycles. The van der Waals surface area contributed by atoms with Crippen molar-refractivity contribution in [3.63, 3.8) is 0 Å². The van der Waals surface area contributed by atoms with Crippen LogP contribution < -0.4 is 0 Å². The van der Waals surface area contributed by atoms with Crippen LogP contribution in [0.5, 0.6) is 0 Å². The number of hydrogen-bond acceptors (Lipinski definition) is 9. The van der Waals surface area contributed by atoms with Crippen LogP contribution in [0.25, 0.3) is 218 Å². The molecule has 6 heterocycles. The van der Waals surface area contributed by atoms with E-state index in [4.69, 9.17) is 44.9 Å². The van der Waals surface area contributed by atoms with Gasteiger partial charge in [0.15, 0.2) is 52.4 Å². The highest BCUT2D eigenvalue weighted by Gasteiger charge is 2.40. The lowest BCUT2D eigenvalue weighted by Gasteiger charge is -2.21. The molecule has 138 heavy (non-hydrogen) atoms. The van der Waals surface area contributed by atoms with E-state index in [-0.39, 0.29) is 16.2 Å². The second-order valence-electron chi connectivity index (χ2n) is 37.6. The van der Waals surface area contributed by atoms with Crippen LogP contribution in [0.2, 0.25) is 0 Å². The maximum atomic E-state index is 5.00. The number of benzene rings is 18. The normalized spacial score (nSPS) is 13.2. The quantitative estimate of drug-likeness (QED) is 0.117. The number of para-hydroxylation sites is 3. The van der Waals surface area contributed by atoms with Crippen molar-refractivity contribution in [2.45, 2.75) is 57.8 Å². The highest BCUT2D eigenvalue weighted by Crippen LogP contribution is 2.55. The molecular weight excluding hydrogens is 1680 g/mol. The molecule has 0 saturated heterocycles. The summed E-state index contributed by atoms with van der Waals surface area (Å²) in [7, 11) is 0. The Labute approximate surface area is 799 Å². The molecule has 24 aromatic rings. The Morgan fingerprint density at radius 2 is 0.377 bits per heavy atom. The van der Waals surface area contributed by atoms with Crippen molar-refractivity contribution in [1.82, 2.24) is 58.6 Å². The van der Waals surface area contributed by atoms with Gasteiger partial charge in [-0.15, -0.1) is 0 Å². The average molecular weight is 1770 g/mol. The van der Waals surface area contributed by atoms with E-state index in [9.17, 15) is 0 Å². The minimum absolute atomic E-state index is 0.0489. The van der Waals surface area contributed by atoms with Gasteiger partial charge in [-0.1, -0.05) is 363 Å². The van der Waals surface area contributed by atoms with E-state index in [1.54, 1.807) is 0 Å². The summed E-state index contributed by atoms with van der Waals surface area (Å²) >= 11 is 0. The van der Waals surface area contributed by atoms with E-state index in [0.717, 1.165) is 67.1 Å². The van der Waals surface area contributed by atoms with Gasteiger partial charge in [0, 0.05) is 116 Å². The zero-order valence-electron chi connectivity index (χ0n) is 76.9. The Bertz CT molecular complexity index is 8750. The molecule has 0 unspecified atom stereocenters. The van der Waals surface area contributed by atoms with Crippen LogP contribution in [-0.4, -0.2) is 58.6 Å². The van der Waals surface area contributed by atoms with E-state index in [0.29, 0.717) is 52.4 Å². The fraction of sp³-hybridized carbons (Fsp3) is 0.0714. The van der Waals surface area contributed by atoms with Crippen LogP contribution in [-0.2, 0) is 16.2 Å². The summed E-state index contributed by atoms with van der Waals surface area (Å²) in [5.41, 5.74) is 35.1. The molecule has 3 aliphatic rings. The van der Waals surface area contributed by atoms with E-state index >= 15 is 0 Å². The van der Waals surface area contributed by atoms with Gasteiger partial charge in [0.2, 0.25) is 0 Å². The number of hydrogen-bond donors (Lipinski definition) is 0. The molecule has 0 saturated carbocycles. The van der Waals surface area contributed by atoms with Crippen LogP contribution in [0.3, 0.4) is 0 Å². The van der Waals surface area contributed by atoms with Crippen molar-refractivity contribution >= 4 is 65.4 Å². The lowest BCUT2D eigenvalue weighted by atomic mass is 9.82. The number of aromatic nitrogens is 12. The first-order chi connectivity index (χ1) is 67.7. The molecule has 12 nitrogen and oxygen atoms in total. The van der Waals surface area contributed by atoms with Crippen LogP contribution in [0.15, 0.2) is 437 Å². The van der Waals surface area contributed by atoms with E-state index in [1.165, 1.54) is 132 Å². The first kappa shape index (κ1) is 82.3. The maximum absolute atomic E-state index is 5.00. The molecule has 0 aliphatic heterocycles. The molecule has 654 valence electrons. The Kier molecular flexibility index (Phi) is 19.6. The standard InChI is InChI=1S/3C42H30N4/c1-42(2)35-22-11-9-20-31(35)33-26-38-34(25-36(33)42)32-21-10-12-23-37(32)46(38)30-19-13-18-29(24-30)41-44-39(27-14-5-3-6-15-27)43-40(45-41)28-16-7-4-8-17-28;1-42(2)35-19-11-9-17-31(35)33-26-38-34(25-36(33)42)32-18-10-12-20-37(32)46(38)30-23-21-29(22-24-30)41-44-39(27-13-5-3-6-14-27)43-40(45-41)28-15-7-4-8-16-28;1-42(2)35-19-11-9-17-31(35)33-25-34-32-18-10-12-20-37(32)46(38(34)26-36(33)42)30-23-21-29(22-24-30)41-44-39(27-13-5-3-6-14-27)43-40(45-41)28-15-7-4-8-16-28/h3*3-26H,1-2H3. The number of nitrogens with zero attached hydrogens (tertiary/aromatic N) is 12. The lowest BCUT2D eigenvalue weighted by molar-refractivity contribution is 0.661. The molecule has 12 heteroatoms. The van der Waals surface area contributed by atoms with Crippen molar-refractivity contribution in [2.75, 3.05) is 0 Å². The minimum Gasteiger partial charge on any atom is -0.309 e. The lowest BCUT2D eigenvalue weighted by Crippen LogP contribution is -2.14. The van der Waals surface area contributed by atoms with Gasteiger partial charge >= 0.3 is 0 Å². The summed E-state index contributed by atoms with van der Waals surface area (Å²) in [5.74, 6) is 5.90. The largest absolute Gasteiger partial charge is 0.309 e. The molecule has 0 radical (unpaired) electrons. The van der Waals surface area contributed by atoms with Gasteiger partial charge in [-0.3, -0.25) is 0 Å². The van der Waals surface area contributed by atoms with Gasteiger partial charge in [-0.05, 0) is 182 Å². The SMILES string of the molecule is CC1(C)c2ccccc2-c2cc3c(cc21)c1ccccc1n3-c1ccc(-c2nc(-c3ccccc3)nc(-c3ccccc3)n2)cc1.CC1(C)c2ccccc2-c2cc3c(cc21)c1ccccc1n3-c1cccc(-c2nc(-c3ccccc3)nc(-c3ccccc3)n2)c1.CC1(C)c2ccccc2-c2cc3c4ccccc4n(-c4ccc(-c5nc(-c6ccccc6)nc(-c6ccccc6)n5)cc4)c3cc21. The molecule has 18 aromatic carbocycles.